The first-order chi connectivity index (χ1) is 14.3. The molecular formula is C29H18. The molecule has 1 unspecified atom stereocenters. The summed E-state index contributed by atoms with van der Waals surface area (Å²) in [5.74, 6) is 0. The molecule has 29 heavy (non-hydrogen) atoms. The van der Waals surface area contributed by atoms with Crippen LogP contribution in [0.3, 0.4) is 0 Å². The first kappa shape index (κ1) is 15.3. The van der Waals surface area contributed by atoms with Crippen LogP contribution in [0.15, 0.2) is 108 Å². The second-order valence-electron chi connectivity index (χ2n) is 8.32. The quantitative estimate of drug-likeness (QED) is 0.572. The monoisotopic (exact) mass is 366 g/mol. The van der Waals surface area contributed by atoms with E-state index < -0.39 is 0 Å². The van der Waals surface area contributed by atoms with Gasteiger partial charge in [0.25, 0.3) is 0 Å². The number of hydrogen-bond acceptors (Lipinski definition) is 0. The van der Waals surface area contributed by atoms with E-state index in [-0.39, 0.29) is 5.41 Å². The molecule has 0 N–H and O–H groups in total. The minimum Gasteiger partial charge on any atom is -0.0663 e. The Kier molecular flexibility index (Phi) is 2.77. The number of hydrogen-bond donors (Lipinski definition) is 0. The zero-order valence-corrected chi connectivity index (χ0v) is 15.9. The summed E-state index contributed by atoms with van der Waals surface area (Å²) in [4.78, 5) is 0. The summed E-state index contributed by atoms with van der Waals surface area (Å²) in [6.45, 7) is 0. The normalized spacial score (nSPS) is 22.5. The summed E-state index contributed by atoms with van der Waals surface area (Å²) >= 11 is 0. The number of allylic oxidation sites excluding steroid dienone is 8. The van der Waals surface area contributed by atoms with E-state index in [1.807, 2.05) is 0 Å². The molecule has 0 heterocycles. The Morgan fingerprint density at radius 2 is 1.31 bits per heavy atom. The number of fused-ring (bicyclic) bond motifs is 6. The molecule has 0 saturated heterocycles. The maximum absolute atomic E-state index is 2.42. The van der Waals surface area contributed by atoms with Gasteiger partial charge in [-0.3, -0.25) is 0 Å². The molecule has 0 radical (unpaired) electrons. The van der Waals surface area contributed by atoms with Gasteiger partial charge >= 0.3 is 0 Å². The highest BCUT2D eigenvalue weighted by atomic mass is 14.3. The van der Waals surface area contributed by atoms with Crippen molar-refractivity contribution in [3.8, 4) is 0 Å². The van der Waals surface area contributed by atoms with Gasteiger partial charge in [0, 0.05) is 5.41 Å². The standard InChI is InChI=1S/C29H18/c1-3-7-23-19(5-1)9-10-27-26-12-14-29(18-22(26)16-28(23)27)13-11-25-21(17-29)15-20-6-2-4-8-24(20)25/h1-18H. The molecule has 4 aliphatic carbocycles. The molecule has 0 fully saturated rings. The van der Waals surface area contributed by atoms with Crippen LogP contribution in [0, 0.1) is 5.41 Å². The summed E-state index contributed by atoms with van der Waals surface area (Å²) in [5.41, 5.74) is 5.21. The Balaban J connectivity index is 1.44. The lowest BCUT2D eigenvalue weighted by Gasteiger charge is -2.28. The largest absolute Gasteiger partial charge is 0.0663 e. The van der Waals surface area contributed by atoms with Crippen LogP contribution < -0.4 is 20.9 Å². The van der Waals surface area contributed by atoms with Crippen molar-refractivity contribution in [2.24, 2.45) is 5.41 Å². The van der Waals surface area contributed by atoms with Gasteiger partial charge in [0.05, 0.1) is 0 Å². The zero-order valence-electron chi connectivity index (χ0n) is 15.9. The van der Waals surface area contributed by atoms with Gasteiger partial charge in [0.2, 0.25) is 0 Å². The summed E-state index contributed by atoms with van der Waals surface area (Å²) in [6.07, 6.45) is 18.9. The molecule has 0 saturated carbocycles. The first-order valence-corrected chi connectivity index (χ1v) is 10.2. The van der Waals surface area contributed by atoms with Crippen molar-refractivity contribution < 1.29 is 0 Å². The topological polar surface area (TPSA) is 0 Å². The van der Waals surface area contributed by atoms with Crippen LogP contribution in [-0.4, -0.2) is 0 Å². The van der Waals surface area contributed by atoms with Gasteiger partial charge < -0.3 is 0 Å². The van der Waals surface area contributed by atoms with Crippen LogP contribution in [0.25, 0.3) is 34.1 Å². The second-order valence-corrected chi connectivity index (χ2v) is 8.32. The number of benzene rings is 3. The SMILES string of the molecule is C1=CC2(C=CC3=c4ccc5ccccc5c4=CC3=C2)C=C2C=c3ccccc3=C12. The maximum Gasteiger partial charge on any atom is 0.0447 e. The molecule has 3 aromatic carbocycles. The lowest BCUT2D eigenvalue weighted by Crippen LogP contribution is -2.23. The summed E-state index contributed by atoms with van der Waals surface area (Å²) < 4.78 is 0. The fourth-order valence-corrected chi connectivity index (χ4v) is 5.24. The Morgan fingerprint density at radius 1 is 0.586 bits per heavy atom. The lowest BCUT2D eigenvalue weighted by atomic mass is 9.75. The third-order valence-electron chi connectivity index (χ3n) is 6.63. The highest BCUT2D eigenvalue weighted by Crippen LogP contribution is 2.41. The Hall–Kier alpha value is -3.64. The Morgan fingerprint density at radius 3 is 2.21 bits per heavy atom. The molecule has 0 bridgehead atoms. The summed E-state index contributed by atoms with van der Waals surface area (Å²) in [5, 5.41) is 8.00. The Labute approximate surface area is 168 Å². The molecular weight excluding hydrogens is 348 g/mol. The van der Waals surface area contributed by atoms with Crippen molar-refractivity contribution >= 4 is 34.1 Å². The van der Waals surface area contributed by atoms with Crippen LogP contribution in [0.2, 0.25) is 0 Å². The van der Waals surface area contributed by atoms with E-state index in [4.69, 9.17) is 0 Å². The van der Waals surface area contributed by atoms with Gasteiger partial charge in [-0.1, -0.05) is 97.1 Å². The van der Waals surface area contributed by atoms with E-state index >= 15 is 0 Å². The van der Waals surface area contributed by atoms with Crippen LogP contribution in [0.5, 0.6) is 0 Å². The van der Waals surface area contributed by atoms with Crippen LogP contribution >= 0.6 is 0 Å². The molecule has 0 nitrogen and oxygen atoms in total. The van der Waals surface area contributed by atoms with Gasteiger partial charge in [-0.2, -0.15) is 0 Å². The predicted octanol–water partition coefficient (Wildman–Crippen LogP) is 3.41. The average Bonchev–Trinajstić information content (AvgIpc) is 3.30. The molecule has 1 atom stereocenters. The lowest BCUT2D eigenvalue weighted by molar-refractivity contribution is 0.804. The highest BCUT2D eigenvalue weighted by Gasteiger charge is 2.29. The van der Waals surface area contributed by atoms with Crippen molar-refractivity contribution in [3.05, 3.63) is 129 Å². The van der Waals surface area contributed by atoms with Crippen LogP contribution in [0.4, 0.5) is 0 Å². The first-order valence-electron chi connectivity index (χ1n) is 10.2. The van der Waals surface area contributed by atoms with Gasteiger partial charge in [-0.25, -0.2) is 0 Å². The van der Waals surface area contributed by atoms with Crippen molar-refractivity contribution in [2.45, 2.75) is 0 Å². The molecule has 3 aromatic rings. The molecule has 0 aromatic heterocycles. The van der Waals surface area contributed by atoms with Gasteiger partial charge in [0.15, 0.2) is 0 Å². The summed E-state index contributed by atoms with van der Waals surface area (Å²) in [7, 11) is 0. The fourth-order valence-electron chi connectivity index (χ4n) is 5.24. The Bertz CT molecular complexity index is 1630. The number of rotatable bonds is 0. The third-order valence-corrected chi connectivity index (χ3v) is 6.63. The molecule has 134 valence electrons. The minimum absolute atomic E-state index is 0.148. The van der Waals surface area contributed by atoms with E-state index in [1.165, 1.54) is 53.9 Å². The van der Waals surface area contributed by atoms with Crippen molar-refractivity contribution in [3.63, 3.8) is 0 Å². The van der Waals surface area contributed by atoms with Gasteiger partial charge in [-0.05, 0) is 66.1 Å². The van der Waals surface area contributed by atoms with Crippen LogP contribution in [0.1, 0.15) is 0 Å². The highest BCUT2D eigenvalue weighted by molar-refractivity contribution is 5.96. The maximum atomic E-state index is 2.42. The van der Waals surface area contributed by atoms with E-state index in [0.717, 1.165) is 0 Å². The smallest absolute Gasteiger partial charge is 0.0447 e. The van der Waals surface area contributed by atoms with Gasteiger partial charge in [-0.15, -0.1) is 0 Å². The molecule has 1 spiro atoms. The van der Waals surface area contributed by atoms with E-state index in [1.54, 1.807) is 0 Å². The molecule has 4 aliphatic rings. The second kappa shape index (κ2) is 5.24. The fraction of sp³-hybridized carbons (Fsp3) is 0.0345. The van der Waals surface area contributed by atoms with Crippen molar-refractivity contribution in [1.29, 1.82) is 0 Å². The predicted molar refractivity (Wildman–Crippen MR) is 122 cm³/mol. The van der Waals surface area contributed by atoms with E-state index in [9.17, 15) is 0 Å². The molecule has 0 heteroatoms. The zero-order chi connectivity index (χ0) is 19.0. The molecule has 0 amide bonds. The van der Waals surface area contributed by atoms with Gasteiger partial charge in [0.1, 0.15) is 0 Å². The summed E-state index contributed by atoms with van der Waals surface area (Å²) in [6, 6.07) is 21.9. The minimum atomic E-state index is -0.148. The third kappa shape index (κ3) is 2.04. The molecule has 7 rings (SSSR count). The molecule has 0 aliphatic heterocycles. The average molecular weight is 366 g/mol. The van der Waals surface area contributed by atoms with E-state index in [2.05, 4.69) is 109 Å². The van der Waals surface area contributed by atoms with Crippen molar-refractivity contribution in [2.75, 3.05) is 0 Å². The van der Waals surface area contributed by atoms with Crippen LogP contribution in [-0.2, 0) is 0 Å². The van der Waals surface area contributed by atoms with E-state index in [0.29, 0.717) is 0 Å². The van der Waals surface area contributed by atoms with Crippen molar-refractivity contribution in [1.82, 2.24) is 0 Å².